The predicted molar refractivity (Wildman–Crippen MR) is 176 cm³/mol. The average molecular weight is 595 g/mol. The Labute approximate surface area is 257 Å². The van der Waals surface area contributed by atoms with Crippen molar-refractivity contribution in [2.45, 2.75) is 71.3 Å². The van der Waals surface area contributed by atoms with Gasteiger partial charge in [-0.15, -0.1) is 5.10 Å². The summed E-state index contributed by atoms with van der Waals surface area (Å²) in [6.07, 6.45) is 11.5. The van der Waals surface area contributed by atoms with E-state index in [0.29, 0.717) is 12.1 Å². The Balaban J connectivity index is 0.000000333. The van der Waals surface area contributed by atoms with Crippen molar-refractivity contribution >= 4 is 24.9 Å². The molecule has 3 rings (SSSR count). The van der Waals surface area contributed by atoms with Crippen molar-refractivity contribution in [2.24, 2.45) is 32.6 Å². The van der Waals surface area contributed by atoms with Crippen molar-refractivity contribution in [1.29, 1.82) is 0 Å². The number of allylic oxidation sites excluding steroid dienone is 1. The number of ether oxygens (including phenoxy) is 2. The van der Waals surface area contributed by atoms with Crippen LogP contribution in [-0.2, 0) is 28.9 Å². The Morgan fingerprint density at radius 2 is 1.79 bits per heavy atom. The summed E-state index contributed by atoms with van der Waals surface area (Å²) in [5, 5.41) is 18.8. The number of hydrogen-bond acceptors (Lipinski definition) is 8. The average Bonchev–Trinajstić information content (AvgIpc) is 3.01. The van der Waals surface area contributed by atoms with Gasteiger partial charge in [0.1, 0.15) is 12.0 Å². The van der Waals surface area contributed by atoms with Crippen LogP contribution in [0, 0.1) is 5.92 Å². The van der Waals surface area contributed by atoms with Gasteiger partial charge in [-0.2, -0.15) is 5.10 Å². The highest BCUT2D eigenvalue weighted by atomic mass is 16.6. The lowest BCUT2D eigenvalue weighted by atomic mass is 9.86. The van der Waals surface area contributed by atoms with Gasteiger partial charge < -0.3 is 36.2 Å². The predicted octanol–water partition coefficient (Wildman–Crippen LogP) is 4.87. The summed E-state index contributed by atoms with van der Waals surface area (Å²) >= 11 is 0. The van der Waals surface area contributed by atoms with Crippen molar-refractivity contribution in [3.05, 3.63) is 77.0 Å². The van der Waals surface area contributed by atoms with Gasteiger partial charge in [-0.05, 0) is 60.7 Å². The van der Waals surface area contributed by atoms with Crippen molar-refractivity contribution in [1.82, 2.24) is 5.32 Å². The molecule has 2 aromatic rings. The summed E-state index contributed by atoms with van der Waals surface area (Å²) in [6, 6.07) is 13.7. The van der Waals surface area contributed by atoms with Crippen LogP contribution in [0.3, 0.4) is 0 Å². The van der Waals surface area contributed by atoms with E-state index in [2.05, 4.69) is 46.8 Å². The molecule has 2 aromatic carbocycles. The van der Waals surface area contributed by atoms with Crippen LogP contribution >= 0.6 is 0 Å². The SMILES string of the molecule is C=C(Cc1ccc(CC)c(OC)c1)N=C(N)N.C=N/N=C(\OCO)c1ccc(CNC)cc1.O=CCCC1CCCCC1. The number of methoxy groups -OCH3 is 1. The van der Waals surface area contributed by atoms with E-state index < -0.39 is 6.79 Å². The maximum Gasteiger partial charge on any atom is 0.242 e. The number of rotatable bonds is 13. The maximum atomic E-state index is 10.0. The molecule has 0 saturated heterocycles. The Morgan fingerprint density at radius 3 is 2.33 bits per heavy atom. The number of aliphatic imine (C=N–C) groups is 1. The molecule has 0 atom stereocenters. The molecule has 0 heterocycles. The number of benzene rings is 2. The van der Waals surface area contributed by atoms with E-state index in [0.717, 1.165) is 60.5 Å². The molecule has 43 heavy (non-hydrogen) atoms. The first-order chi connectivity index (χ1) is 20.8. The van der Waals surface area contributed by atoms with Crippen LogP contribution < -0.4 is 21.5 Å². The zero-order valence-corrected chi connectivity index (χ0v) is 26.1. The van der Waals surface area contributed by atoms with Crippen molar-refractivity contribution in [3.63, 3.8) is 0 Å². The second kappa shape index (κ2) is 22.6. The number of carbonyl (C=O) groups excluding carboxylic acids is 1. The zero-order valence-electron chi connectivity index (χ0n) is 26.1. The number of aliphatic hydroxyl groups excluding tert-OH is 1. The monoisotopic (exact) mass is 594 g/mol. The largest absolute Gasteiger partial charge is 0.496 e. The lowest BCUT2D eigenvalue weighted by Crippen LogP contribution is -2.22. The second-order valence-corrected chi connectivity index (χ2v) is 10.1. The first-order valence-electron chi connectivity index (χ1n) is 14.7. The Morgan fingerprint density at radius 1 is 1.12 bits per heavy atom. The molecule has 0 amide bonds. The summed E-state index contributed by atoms with van der Waals surface area (Å²) in [7, 11) is 3.56. The first-order valence-corrected chi connectivity index (χ1v) is 14.7. The first kappa shape index (κ1) is 37.0. The number of nitrogens with one attached hydrogen (secondary N) is 1. The molecule has 0 aliphatic heterocycles. The van der Waals surface area contributed by atoms with Crippen molar-refractivity contribution in [2.75, 3.05) is 21.0 Å². The minimum atomic E-state index is -0.438. The molecule has 236 valence electrons. The van der Waals surface area contributed by atoms with Gasteiger partial charge in [-0.3, -0.25) is 0 Å². The maximum absolute atomic E-state index is 10.0. The molecule has 0 spiro atoms. The van der Waals surface area contributed by atoms with E-state index in [1.807, 2.05) is 43.4 Å². The number of nitrogens with two attached hydrogens (primary N) is 2. The van der Waals surface area contributed by atoms with E-state index in [-0.39, 0.29) is 11.9 Å². The summed E-state index contributed by atoms with van der Waals surface area (Å²) in [5.41, 5.74) is 15.4. The molecule has 1 fully saturated rings. The van der Waals surface area contributed by atoms with E-state index in [1.165, 1.54) is 37.7 Å². The number of hydrogen-bond donors (Lipinski definition) is 4. The Bertz CT molecular complexity index is 1150. The van der Waals surface area contributed by atoms with E-state index in [1.54, 1.807) is 7.11 Å². The van der Waals surface area contributed by atoms with E-state index >= 15 is 0 Å². The third-order valence-electron chi connectivity index (χ3n) is 6.79. The normalized spacial score (nSPS) is 12.9. The van der Waals surface area contributed by atoms with Crippen LogP contribution in [0.2, 0.25) is 0 Å². The molecule has 0 bridgehead atoms. The molecule has 1 aliphatic rings. The van der Waals surface area contributed by atoms with Crippen LogP contribution in [0.4, 0.5) is 0 Å². The smallest absolute Gasteiger partial charge is 0.242 e. The van der Waals surface area contributed by atoms with Gasteiger partial charge in [0.25, 0.3) is 0 Å². The molecule has 10 nitrogen and oxygen atoms in total. The zero-order chi connectivity index (χ0) is 31.9. The van der Waals surface area contributed by atoms with Crippen molar-refractivity contribution in [3.8, 4) is 5.75 Å². The third kappa shape index (κ3) is 15.7. The standard InChI is InChI=1S/C13H19N3O.C11H15N3O2.C9H16O/c1-4-11-6-5-10(8-12(11)17-3)7-9(2)16-13(14)15;1-12-7-9-3-5-10(6-4-9)11(14-13-2)16-8-15;10-8-4-7-9-5-2-1-3-6-9/h5-6,8H,2,4,7H2,1,3H3,(H4,14,15,16);3-6,12,15H,2,7-8H2,1H3;8-9H,1-7H2/b;14-11-;. The van der Waals surface area contributed by atoms with Gasteiger partial charge in [0.2, 0.25) is 5.90 Å². The minimum Gasteiger partial charge on any atom is -0.496 e. The van der Waals surface area contributed by atoms with Crippen LogP contribution in [0.5, 0.6) is 5.75 Å². The molecular formula is C33H50N6O4. The van der Waals surface area contributed by atoms with Gasteiger partial charge in [0, 0.05) is 37.4 Å². The van der Waals surface area contributed by atoms with Gasteiger partial charge in [-0.25, -0.2) is 4.99 Å². The number of guanidine groups is 1. The highest BCUT2D eigenvalue weighted by molar-refractivity contribution is 5.94. The molecule has 0 unspecified atom stereocenters. The van der Waals surface area contributed by atoms with Crippen LogP contribution in [0.1, 0.15) is 74.1 Å². The molecule has 10 heteroatoms. The minimum absolute atomic E-state index is 0.0344. The molecule has 1 aliphatic carbocycles. The lowest BCUT2D eigenvalue weighted by Gasteiger charge is -2.19. The quantitative estimate of drug-likeness (QED) is 0.0847. The molecule has 6 N–H and O–H groups in total. The summed E-state index contributed by atoms with van der Waals surface area (Å²) in [6.45, 7) is 9.50. The number of aldehydes is 1. The summed E-state index contributed by atoms with van der Waals surface area (Å²) in [4.78, 5) is 14.0. The van der Waals surface area contributed by atoms with Crippen molar-refractivity contribution < 1.29 is 19.4 Å². The van der Waals surface area contributed by atoms with Gasteiger partial charge >= 0.3 is 0 Å². The summed E-state index contributed by atoms with van der Waals surface area (Å²) < 4.78 is 10.2. The number of aryl methyl sites for hydroxylation is 1. The summed E-state index contributed by atoms with van der Waals surface area (Å²) in [5.74, 6) is 2.06. The second-order valence-electron chi connectivity index (χ2n) is 10.1. The Kier molecular flexibility index (Phi) is 19.4. The fraction of sp³-hybridized carbons (Fsp3) is 0.455. The number of carbonyl (C=O) groups is 1. The molecule has 1 saturated carbocycles. The van der Waals surface area contributed by atoms with E-state index in [4.69, 9.17) is 26.0 Å². The van der Waals surface area contributed by atoms with E-state index in [9.17, 15) is 4.79 Å². The fourth-order valence-electron chi connectivity index (χ4n) is 4.69. The highest BCUT2D eigenvalue weighted by Crippen LogP contribution is 2.26. The topological polar surface area (TPSA) is 157 Å². The lowest BCUT2D eigenvalue weighted by molar-refractivity contribution is -0.108. The van der Waals surface area contributed by atoms with Crippen LogP contribution in [0.25, 0.3) is 0 Å². The number of aliphatic hydroxyl groups is 1. The molecular weight excluding hydrogens is 544 g/mol. The third-order valence-corrected chi connectivity index (χ3v) is 6.79. The highest BCUT2D eigenvalue weighted by Gasteiger charge is 2.12. The van der Waals surface area contributed by atoms with Crippen LogP contribution in [-0.4, -0.2) is 50.9 Å². The molecule has 0 radical (unpaired) electrons. The fourth-order valence-corrected chi connectivity index (χ4v) is 4.69. The Hall–Kier alpha value is -4.02. The van der Waals surface area contributed by atoms with Gasteiger partial charge in [0.15, 0.2) is 12.8 Å². The van der Waals surface area contributed by atoms with Crippen LogP contribution in [0.15, 0.2) is 69.9 Å². The van der Waals surface area contributed by atoms with Gasteiger partial charge in [-0.1, -0.05) is 69.9 Å². The molecule has 0 aromatic heterocycles. The van der Waals surface area contributed by atoms with Gasteiger partial charge in [0.05, 0.1) is 7.11 Å². The number of nitrogens with zero attached hydrogens (tertiary/aromatic N) is 3.